The van der Waals surface area contributed by atoms with Crippen molar-refractivity contribution in [3.05, 3.63) is 89.5 Å². The lowest BCUT2D eigenvalue weighted by molar-refractivity contribution is -0.112. The Morgan fingerprint density at radius 2 is 1.22 bits per heavy atom. The molecule has 0 fully saturated rings. The fraction of sp³-hybridized carbons (Fsp3) is 0.217. The molecule has 0 aliphatic heterocycles. The molecule has 0 spiro atoms. The maximum atomic E-state index is 11.2. The minimum Gasteiger partial charge on any atom is -0.323 e. The summed E-state index contributed by atoms with van der Waals surface area (Å²) in [5.41, 5.74) is 4.07. The van der Waals surface area contributed by atoms with Crippen molar-refractivity contribution in [1.82, 2.24) is 0 Å². The summed E-state index contributed by atoms with van der Waals surface area (Å²) in [5, 5.41) is 2.36. The van der Waals surface area contributed by atoms with Crippen LogP contribution < -0.4 is 5.32 Å². The zero-order chi connectivity index (χ0) is 20.7. The van der Waals surface area contributed by atoms with Gasteiger partial charge in [-0.3, -0.25) is 9.59 Å². The van der Waals surface area contributed by atoms with Gasteiger partial charge in [0.1, 0.15) is 0 Å². The lowest BCUT2D eigenvalue weighted by Crippen LogP contribution is -2.07. The summed E-state index contributed by atoms with van der Waals surface area (Å²) in [6.07, 6.45) is 2.95. The highest BCUT2D eigenvalue weighted by Crippen LogP contribution is 2.05. The number of benzene rings is 2. The van der Waals surface area contributed by atoms with Crippen molar-refractivity contribution in [2.75, 3.05) is 5.32 Å². The van der Waals surface area contributed by atoms with E-state index < -0.39 is 5.24 Å². The standard InChI is InChI=1S/C11H13NO.C7H8.C5H7ClO/c1-9(2)8-11(13)12-10-6-4-3-5-7-10;1-7-5-3-2-4-6-7;1-4(2)3-5(6)7/h3-8H,1-2H3,(H,12,13);2-6H,1H3;3H,1-2H3. The van der Waals surface area contributed by atoms with Gasteiger partial charge in [0.15, 0.2) is 0 Å². The van der Waals surface area contributed by atoms with Crippen molar-refractivity contribution in [3.8, 4) is 0 Å². The molecule has 27 heavy (non-hydrogen) atoms. The van der Waals surface area contributed by atoms with Gasteiger partial charge in [0.05, 0.1) is 0 Å². The van der Waals surface area contributed by atoms with Gasteiger partial charge < -0.3 is 5.32 Å². The van der Waals surface area contributed by atoms with Gasteiger partial charge in [0, 0.05) is 11.8 Å². The number of allylic oxidation sites excluding steroid dienone is 3. The molecule has 0 aliphatic carbocycles. The highest BCUT2D eigenvalue weighted by atomic mass is 35.5. The maximum Gasteiger partial charge on any atom is 0.248 e. The Morgan fingerprint density at radius 3 is 1.52 bits per heavy atom. The van der Waals surface area contributed by atoms with Gasteiger partial charge in [-0.05, 0) is 64.4 Å². The van der Waals surface area contributed by atoms with Crippen molar-refractivity contribution in [2.24, 2.45) is 0 Å². The third-order valence-electron chi connectivity index (χ3n) is 2.80. The lowest BCUT2D eigenvalue weighted by Gasteiger charge is -2.00. The van der Waals surface area contributed by atoms with Gasteiger partial charge >= 0.3 is 0 Å². The first-order valence-corrected chi connectivity index (χ1v) is 8.95. The molecule has 2 aromatic carbocycles. The number of carbonyl (C=O) groups is 2. The van der Waals surface area contributed by atoms with E-state index in [0.29, 0.717) is 0 Å². The molecule has 4 heteroatoms. The van der Waals surface area contributed by atoms with Crippen molar-refractivity contribution in [2.45, 2.75) is 34.6 Å². The van der Waals surface area contributed by atoms with Crippen LogP contribution in [0.3, 0.4) is 0 Å². The first-order chi connectivity index (χ1) is 12.7. The molecule has 0 heterocycles. The molecule has 0 saturated heterocycles. The van der Waals surface area contributed by atoms with E-state index in [0.717, 1.165) is 16.8 Å². The van der Waals surface area contributed by atoms with Crippen LogP contribution >= 0.6 is 11.6 Å². The van der Waals surface area contributed by atoms with Crippen LogP contribution in [0.25, 0.3) is 0 Å². The Morgan fingerprint density at radius 1 is 0.778 bits per heavy atom. The van der Waals surface area contributed by atoms with E-state index in [1.165, 1.54) is 11.6 Å². The van der Waals surface area contributed by atoms with E-state index >= 15 is 0 Å². The third-order valence-corrected chi connectivity index (χ3v) is 2.91. The van der Waals surface area contributed by atoms with Gasteiger partial charge in [-0.2, -0.15) is 0 Å². The average molecular weight is 386 g/mol. The number of anilines is 1. The van der Waals surface area contributed by atoms with Crippen molar-refractivity contribution in [1.29, 1.82) is 0 Å². The molecule has 2 rings (SSSR count). The van der Waals surface area contributed by atoms with E-state index in [2.05, 4.69) is 24.4 Å². The van der Waals surface area contributed by atoms with Gasteiger partial charge in [0.2, 0.25) is 11.1 Å². The normalized spacial score (nSPS) is 8.67. The second-order valence-corrected chi connectivity index (χ2v) is 6.63. The Hall–Kier alpha value is -2.65. The highest BCUT2D eigenvalue weighted by Gasteiger charge is 1.95. The third kappa shape index (κ3) is 16.6. The van der Waals surface area contributed by atoms with Gasteiger partial charge in [-0.15, -0.1) is 0 Å². The van der Waals surface area contributed by atoms with Crippen LogP contribution in [0.5, 0.6) is 0 Å². The molecule has 0 saturated carbocycles. The molecule has 0 atom stereocenters. The van der Waals surface area contributed by atoms with Crippen LogP contribution in [0.4, 0.5) is 5.69 Å². The molecule has 144 valence electrons. The van der Waals surface area contributed by atoms with Crippen molar-refractivity contribution >= 4 is 28.4 Å². The number of halogens is 1. The summed E-state index contributed by atoms with van der Waals surface area (Å²) in [6.45, 7) is 9.51. The maximum absolute atomic E-state index is 11.2. The Labute approximate surface area is 167 Å². The number of hydrogen-bond donors (Lipinski definition) is 1. The van der Waals surface area contributed by atoms with Gasteiger partial charge in [0.25, 0.3) is 0 Å². The topological polar surface area (TPSA) is 46.2 Å². The molecular formula is C23H28ClNO2. The molecule has 0 radical (unpaired) electrons. The summed E-state index contributed by atoms with van der Waals surface area (Å²) in [5.74, 6) is -0.0776. The molecule has 1 amide bonds. The lowest BCUT2D eigenvalue weighted by atomic mass is 10.2. The van der Waals surface area contributed by atoms with E-state index in [1.54, 1.807) is 6.08 Å². The molecular weight excluding hydrogens is 358 g/mol. The van der Waals surface area contributed by atoms with Crippen LogP contribution in [0.2, 0.25) is 0 Å². The van der Waals surface area contributed by atoms with E-state index in [1.807, 2.05) is 76.2 Å². The van der Waals surface area contributed by atoms with E-state index in [9.17, 15) is 9.59 Å². The predicted molar refractivity (Wildman–Crippen MR) is 116 cm³/mol. The number of para-hydroxylation sites is 1. The quantitative estimate of drug-likeness (QED) is 0.497. The molecule has 0 bridgehead atoms. The van der Waals surface area contributed by atoms with Crippen LogP contribution in [0, 0.1) is 6.92 Å². The first-order valence-electron chi connectivity index (χ1n) is 8.57. The second kappa shape index (κ2) is 14.5. The van der Waals surface area contributed by atoms with Crippen LogP contribution in [0.1, 0.15) is 33.3 Å². The molecule has 2 aromatic rings. The van der Waals surface area contributed by atoms with E-state index in [-0.39, 0.29) is 5.91 Å². The van der Waals surface area contributed by atoms with Crippen LogP contribution in [0.15, 0.2) is 84.0 Å². The molecule has 0 unspecified atom stereocenters. The minimum absolute atomic E-state index is 0.0776. The van der Waals surface area contributed by atoms with Crippen LogP contribution in [-0.2, 0) is 9.59 Å². The largest absolute Gasteiger partial charge is 0.323 e. The van der Waals surface area contributed by atoms with E-state index in [4.69, 9.17) is 11.6 Å². The Balaban J connectivity index is 0.000000410. The summed E-state index contributed by atoms with van der Waals surface area (Å²) >= 11 is 4.96. The Kier molecular flexibility index (Phi) is 13.1. The number of hydrogen-bond acceptors (Lipinski definition) is 2. The number of carbonyl (C=O) groups excluding carboxylic acids is 2. The predicted octanol–water partition coefficient (Wildman–Crippen LogP) is 6.30. The number of nitrogens with one attached hydrogen (secondary N) is 1. The molecule has 3 nitrogen and oxygen atoms in total. The van der Waals surface area contributed by atoms with Crippen molar-refractivity contribution in [3.63, 3.8) is 0 Å². The summed E-state index contributed by atoms with van der Waals surface area (Å²) in [6, 6.07) is 19.7. The fourth-order valence-corrected chi connectivity index (χ4v) is 1.94. The van der Waals surface area contributed by atoms with Crippen molar-refractivity contribution < 1.29 is 9.59 Å². The second-order valence-electron chi connectivity index (χ2n) is 6.26. The van der Waals surface area contributed by atoms with Crippen LogP contribution in [-0.4, -0.2) is 11.1 Å². The smallest absolute Gasteiger partial charge is 0.248 e. The zero-order valence-electron chi connectivity index (χ0n) is 16.6. The zero-order valence-corrected chi connectivity index (χ0v) is 17.4. The summed E-state index contributed by atoms with van der Waals surface area (Å²) < 4.78 is 0. The summed E-state index contributed by atoms with van der Waals surface area (Å²) in [4.78, 5) is 21.2. The minimum atomic E-state index is -0.403. The monoisotopic (exact) mass is 385 g/mol. The first kappa shape index (κ1) is 24.4. The molecule has 0 aromatic heterocycles. The molecule has 0 aliphatic rings. The fourth-order valence-electron chi connectivity index (χ4n) is 1.72. The number of aryl methyl sites for hydroxylation is 1. The van der Waals surface area contributed by atoms with Gasteiger partial charge in [-0.1, -0.05) is 65.2 Å². The average Bonchev–Trinajstić information content (AvgIpc) is 2.55. The molecule has 1 N–H and O–H groups in total. The SMILES string of the molecule is CC(C)=CC(=O)Cl.CC(C)=CC(=O)Nc1ccccc1.Cc1ccccc1. The summed E-state index contributed by atoms with van der Waals surface area (Å²) in [7, 11) is 0. The van der Waals surface area contributed by atoms with Gasteiger partial charge in [-0.25, -0.2) is 0 Å². The Bertz CT molecular complexity index is 742. The highest BCUT2D eigenvalue weighted by molar-refractivity contribution is 6.66. The number of rotatable bonds is 3. The number of amides is 1.